The van der Waals surface area contributed by atoms with Crippen molar-refractivity contribution in [2.24, 2.45) is 0 Å². The van der Waals surface area contributed by atoms with E-state index in [-0.39, 0.29) is 11.9 Å². The van der Waals surface area contributed by atoms with Gasteiger partial charge in [0.1, 0.15) is 6.10 Å². The minimum Gasteiger partial charge on any atom is -0.372 e. The van der Waals surface area contributed by atoms with E-state index in [1.807, 2.05) is 18.2 Å². The molecule has 0 saturated carbocycles. The van der Waals surface area contributed by atoms with Crippen LogP contribution in [0.25, 0.3) is 0 Å². The van der Waals surface area contributed by atoms with Gasteiger partial charge in [-0.3, -0.25) is 9.69 Å². The number of ether oxygens (including phenoxy) is 1. The molecular formula is C13H17NO2. The van der Waals surface area contributed by atoms with Gasteiger partial charge in [0.15, 0.2) is 5.78 Å². The second-order valence-electron chi connectivity index (χ2n) is 4.16. The summed E-state index contributed by atoms with van der Waals surface area (Å²) in [4.78, 5) is 13.7. The van der Waals surface area contributed by atoms with Crippen LogP contribution in [0.1, 0.15) is 12.0 Å². The Hall–Kier alpha value is -1.19. The van der Waals surface area contributed by atoms with Crippen molar-refractivity contribution in [3.8, 4) is 0 Å². The van der Waals surface area contributed by atoms with Gasteiger partial charge in [0.05, 0.1) is 0 Å². The largest absolute Gasteiger partial charge is 0.372 e. The molecule has 0 radical (unpaired) electrons. The van der Waals surface area contributed by atoms with Crippen molar-refractivity contribution in [3.05, 3.63) is 35.9 Å². The van der Waals surface area contributed by atoms with Gasteiger partial charge in [-0.15, -0.1) is 0 Å². The molecule has 1 heterocycles. The highest BCUT2D eigenvalue weighted by Gasteiger charge is 2.26. The second kappa shape index (κ2) is 5.23. The molecule has 0 amide bonds. The average Bonchev–Trinajstić information content (AvgIpc) is 2.33. The Balaban J connectivity index is 1.94. The number of methoxy groups -OCH3 is 1. The minimum atomic E-state index is -0.238. The SMILES string of the molecule is CO[C@H]1CN(Cc2ccccc2)CCC1=O. The third kappa shape index (κ3) is 2.68. The number of piperidine rings is 1. The van der Waals surface area contributed by atoms with E-state index in [4.69, 9.17) is 4.74 Å². The zero-order valence-electron chi connectivity index (χ0n) is 9.56. The molecule has 2 rings (SSSR count). The fraction of sp³-hybridized carbons (Fsp3) is 0.462. The van der Waals surface area contributed by atoms with E-state index in [9.17, 15) is 4.79 Å². The van der Waals surface area contributed by atoms with Gasteiger partial charge in [-0.2, -0.15) is 0 Å². The molecule has 86 valence electrons. The summed E-state index contributed by atoms with van der Waals surface area (Å²) in [7, 11) is 1.61. The van der Waals surface area contributed by atoms with Crippen LogP contribution < -0.4 is 0 Å². The summed E-state index contributed by atoms with van der Waals surface area (Å²) in [5.74, 6) is 0.229. The lowest BCUT2D eigenvalue weighted by atomic mass is 10.1. The summed E-state index contributed by atoms with van der Waals surface area (Å²) in [6.07, 6.45) is 0.364. The van der Waals surface area contributed by atoms with Gasteiger partial charge in [-0.25, -0.2) is 0 Å². The molecule has 1 atom stereocenters. The number of nitrogens with zero attached hydrogens (tertiary/aromatic N) is 1. The molecule has 0 spiro atoms. The van der Waals surface area contributed by atoms with Crippen LogP contribution in [-0.2, 0) is 16.1 Å². The lowest BCUT2D eigenvalue weighted by Crippen LogP contribution is -2.44. The van der Waals surface area contributed by atoms with E-state index in [0.717, 1.165) is 13.1 Å². The molecule has 0 unspecified atom stereocenters. The summed E-state index contributed by atoms with van der Waals surface area (Å²) in [5.41, 5.74) is 1.28. The molecular weight excluding hydrogens is 202 g/mol. The van der Waals surface area contributed by atoms with Gasteiger partial charge in [0.2, 0.25) is 0 Å². The van der Waals surface area contributed by atoms with Gasteiger partial charge in [-0.1, -0.05) is 30.3 Å². The maximum absolute atomic E-state index is 11.5. The molecule has 0 aromatic heterocycles. The van der Waals surface area contributed by atoms with E-state index in [2.05, 4.69) is 17.0 Å². The van der Waals surface area contributed by atoms with Crippen molar-refractivity contribution < 1.29 is 9.53 Å². The summed E-state index contributed by atoms with van der Waals surface area (Å²) >= 11 is 0. The highest BCUT2D eigenvalue weighted by atomic mass is 16.5. The molecule has 1 fully saturated rings. The number of Topliss-reactive ketones (excluding diaryl/α,β-unsaturated/α-hetero) is 1. The molecule has 0 N–H and O–H groups in total. The number of benzene rings is 1. The summed E-state index contributed by atoms with van der Waals surface area (Å²) in [6, 6.07) is 10.3. The van der Waals surface area contributed by atoms with Gasteiger partial charge >= 0.3 is 0 Å². The monoisotopic (exact) mass is 219 g/mol. The van der Waals surface area contributed by atoms with Crippen molar-refractivity contribution >= 4 is 5.78 Å². The Morgan fingerprint density at radius 2 is 2.12 bits per heavy atom. The molecule has 0 bridgehead atoms. The number of hydrogen-bond acceptors (Lipinski definition) is 3. The molecule has 1 aliphatic rings. The van der Waals surface area contributed by atoms with Crippen LogP contribution >= 0.6 is 0 Å². The molecule has 1 aromatic carbocycles. The molecule has 1 aliphatic heterocycles. The maximum Gasteiger partial charge on any atom is 0.164 e. The molecule has 3 nitrogen and oxygen atoms in total. The molecule has 0 aliphatic carbocycles. The van der Waals surface area contributed by atoms with Crippen LogP contribution in [0.4, 0.5) is 0 Å². The fourth-order valence-electron chi connectivity index (χ4n) is 2.05. The smallest absolute Gasteiger partial charge is 0.164 e. The van der Waals surface area contributed by atoms with E-state index >= 15 is 0 Å². The van der Waals surface area contributed by atoms with E-state index in [1.54, 1.807) is 7.11 Å². The van der Waals surface area contributed by atoms with Crippen LogP contribution in [0.5, 0.6) is 0 Å². The third-order valence-electron chi connectivity index (χ3n) is 2.99. The molecule has 1 aromatic rings. The van der Waals surface area contributed by atoms with Crippen molar-refractivity contribution in [3.63, 3.8) is 0 Å². The molecule has 3 heteroatoms. The zero-order chi connectivity index (χ0) is 11.4. The van der Waals surface area contributed by atoms with E-state index in [1.165, 1.54) is 5.56 Å². The average molecular weight is 219 g/mol. The van der Waals surface area contributed by atoms with Crippen LogP contribution in [0.3, 0.4) is 0 Å². The normalized spacial score (nSPS) is 22.3. The Morgan fingerprint density at radius 1 is 1.38 bits per heavy atom. The zero-order valence-corrected chi connectivity index (χ0v) is 9.56. The first-order valence-electron chi connectivity index (χ1n) is 5.61. The Kier molecular flexibility index (Phi) is 3.70. The lowest BCUT2D eigenvalue weighted by Gasteiger charge is -2.30. The van der Waals surface area contributed by atoms with E-state index in [0.29, 0.717) is 13.0 Å². The quantitative estimate of drug-likeness (QED) is 0.771. The van der Waals surface area contributed by atoms with Crippen LogP contribution in [0.15, 0.2) is 30.3 Å². The fourth-order valence-corrected chi connectivity index (χ4v) is 2.05. The van der Waals surface area contributed by atoms with Gasteiger partial charge in [0, 0.05) is 33.2 Å². The van der Waals surface area contributed by atoms with Crippen LogP contribution in [0, 0.1) is 0 Å². The van der Waals surface area contributed by atoms with Crippen LogP contribution in [-0.4, -0.2) is 37.0 Å². The summed E-state index contributed by atoms with van der Waals surface area (Å²) in [6.45, 7) is 2.45. The molecule has 1 saturated heterocycles. The Bertz CT molecular complexity index is 350. The third-order valence-corrected chi connectivity index (χ3v) is 2.99. The van der Waals surface area contributed by atoms with E-state index < -0.39 is 0 Å². The van der Waals surface area contributed by atoms with Crippen molar-refractivity contribution in [1.82, 2.24) is 4.90 Å². The standard InChI is InChI=1S/C13H17NO2/c1-16-13-10-14(8-7-12(13)15)9-11-5-3-2-4-6-11/h2-6,13H,7-10H2,1H3/t13-/m0/s1. The number of carbonyl (C=O) groups is 1. The Labute approximate surface area is 96.0 Å². The maximum atomic E-state index is 11.5. The summed E-state index contributed by atoms with van der Waals surface area (Å²) in [5, 5.41) is 0. The lowest BCUT2D eigenvalue weighted by molar-refractivity contribution is -0.133. The number of likely N-dealkylation sites (tertiary alicyclic amines) is 1. The van der Waals surface area contributed by atoms with Gasteiger partial charge < -0.3 is 4.74 Å². The highest BCUT2D eigenvalue weighted by Crippen LogP contribution is 2.12. The minimum absolute atomic E-state index is 0.229. The second-order valence-corrected chi connectivity index (χ2v) is 4.16. The van der Waals surface area contributed by atoms with Crippen molar-refractivity contribution in [1.29, 1.82) is 0 Å². The first kappa shape index (κ1) is 11.3. The number of ketones is 1. The predicted octanol–water partition coefficient (Wildman–Crippen LogP) is 1.48. The van der Waals surface area contributed by atoms with Gasteiger partial charge in [-0.05, 0) is 5.56 Å². The highest BCUT2D eigenvalue weighted by molar-refractivity contribution is 5.84. The van der Waals surface area contributed by atoms with Crippen molar-refractivity contribution in [2.45, 2.75) is 19.1 Å². The van der Waals surface area contributed by atoms with Gasteiger partial charge in [0.25, 0.3) is 0 Å². The Morgan fingerprint density at radius 3 is 2.81 bits per heavy atom. The van der Waals surface area contributed by atoms with Crippen LogP contribution in [0.2, 0.25) is 0 Å². The molecule has 16 heavy (non-hydrogen) atoms. The number of carbonyl (C=O) groups excluding carboxylic acids is 1. The summed E-state index contributed by atoms with van der Waals surface area (Å²) < 4.78 is 5.18. The predicted molar refractivity (Wildman–Crippen MR) is 62.1 cm³/mol. The topological polar surface area (TPSA) is 29.5 Å². The first-order chi connectivity index (χ1) is 7.79. The number of rotatable bonds is 3. The number of hydrogen-bond donors (Lipinski definition) is 0. The first-order valence-corrected chi connectivity index (χ1v) is 5.61. The van der Waals surface area contributed by atoms with Crippen molar-refractivity contribution in [2.75, 3.05) is 20.2 Å².